The molecular weight excluding hydrogens is 424 g/mol. The molecule has 1 N–H and O–H groups in total. The molecule has 6 nitrogen and oxygen atoms in total. The van der Waals surface area contributed by atoms with Crippen molar-refractivity contribution in [2.75, 3.05) is 26.7 Å². The summed E-state index contributed by atoms with van der Waals surface area (Å²) in [6.45, 7) is 1.70. The van der Waals surface area contributed by atoms with E-state index in [1.807, 2.05) is 12.1 Å². The van der Waals surface area contributed by atoms with Crippen LogP contribution in [-0.4, -0.2) is 45.4 Å². The molecule has 0 radical (unpaired) electrons. The number of ether oxygens (including phenoxy) is 1. The molecule has 1 saturated heterocycles. The van der Waals surface area contributed by atoms with Crippen LogP contribution in [0.3, 0.4) is 0 Å². The standard InChI is InChI=1S/C25H32N2O4S/c1-31-22-11-9-21(10-12-22)25(15-3-4-16-25)19-26-24(28)20-7-13-23(14-8-20)32(29,30)27-17-5-2-6-18-27/h7-14H,2-6,15-19H2,1H3,(H,26,28). The first-order valence-electron chi connectivity index (χ1n) is 11.5. The third-order valence-corrected chi connectivity index (χ3v) is 8.83. The van der Waals surface area contributed by atoms with Crippen LogP contribution in [0.4, 0.5) is 0 Å². The third kappa shape index (κ3) is 4.69. The highest BCUT2D eigenvalue weighted by Crippen LogP contribution is 2.41. The molecule has 7 heteroatoms. The Morgan fingerprint density at radius 3 is 2.16 bits per heavy atom. The maximum atomic E-state index is 12.8. The van der Waals surface area contributed by atoms with E-state index in [0.29, 0.717) is 25.2 Å². The molecule has 1 heterocycles. The fourth-order valence-corrected chi connectivity index (χ4v) is 6.47. The van der Waals surface area contributed by atoms with Crippen molar-refractivity contribution < 1.29 is 17.9 Å². The number of amides is 1. The van der Waals surface area contributed by atoms with Crippen molar-refractivity contribution in [1.82, 2.24) is 9.62 Å². The number of sulfonamides is 1. The van der Waals surface area contributed by atoms with E-state index in [4.69, 9.17) is 4.74 Å². The average Bonchev–Trinajstić information content (AvgIpc) is 3.33. The SMILES string of the molecule is COc1ccc(C2(CNC(=O)c3ccc(S(=O)(=O)N4CCCCC4)cc3)CCCC2)cc1. The van der Waals surface area contributed by atoms with Crippen LogP contribution in [0.2, 0.25) is 0 Å². The summed E-state index contributed by atoms with van der Waals surface area (Å²) in [6.07, 6.45) is 7.23. The molecular formula is C25H32N2O4S. The molecule has 2 aromatic rings. The molecule has 0 aromatic heterocycles. The van der Waals surface area contributed by atoms with Crippen molar-refractivity contribution in [3.05, 3.63) is 59.7 Å². The molecule has 0 atom stereocenters. The largest absolute Gasteiger partial charge is 0.497 e. The molecule has 32 heavy (non-hydrogen) atoms. The Bertz CT molecular complexity index is 1020. The lowest BCUT2D eigenvalue weighted by atomic mass is 9.78. The molecule has 0 spiro atoms. The molecule has 172 valence electrons. The van der Waals surface area contributed by atoms with E-state index < -0.39 is 10.0 Å². The van der Waals surface area contributed by atoms with Crippen LogP contribution in [0, 0.1) is 0 Å². The number of nitrogens with zero attached hydrogens (tertiary/aromatic N) is 1. The Labute approximate surface area is 191 Å². The van der Waals surface area contributed by atoms with Crippen LogP contribution >= 0.6 is 0 Å². The Hall–Kier alpha value is -2.38. The minimum absolute atomic E-state index is 0.0700. The van der Waals surface area contributed by atoms with Gasteiger partial charge in [-0.3, -0.25) is 4.79 Å². The number of carbonyl (C=O) groups excluding carboxylic acids is 1. The summed E-state index contributed by atoms with van der Waals surface area (Å²) in [6, 6.07) is 14.5. The van der Waals surface area contributed by atoms with Gasteiger partial charge in [-0.05, 0) is 67.6 Å². The van der Waals surface area contributed by atoms with E-state index in [1.165, 1.54) is 5.56 Å². The van der Waals surface area contributed by atoms with Gasteiger partial charge in [0.05, 0.1) is 12.0 Å². The lowest BCUT2D eigenvalue weighted by Gasteiger charge is -2.30. The quantitative estimate of drug-likeness (QED) is 0.680. The minimum atomic E-state index is -3.49. The zero-order valence-electron chi connectivity index (χ0n) is 18.7. The smallest absolute Gasteiger partial charge is 0.251 e. The van der Waals surface area contributed by atoms with Crippen molar-refractivity contribution in [3.8, 4) is 5.75 Å². The van der Waals surface area contributed by atoms with Gasteiger partial charge in [-0.2, -0.15) is 4.31 Å². The number of hydrogen-bond donors (Lipinski definition) is 1. The zero-order chi connectivity index (χ0) is 22.6. The summed E-state index contributed by atoms with van der Waals surface area (Å²) in [5.74, 6) is 0.650. The summed E-state index contributed by atoms with van der Waals surface area (Å²) in [5.41, 5.74) is 1.63. The van der Waals surface area contributed by atoms with Crippen molar-refractivity contribution in [2.45, 2.75) is 55.3 Å². The summed E-state index contributed by atoms with van der Waals surface area (Å²) in [5, 5.41) is 3.10. The van der Waals surface area contributed by atoms with Crippen LogP contribution in [-0.2, 0) is 15.4 Å². The minimum Gasteiger partial charge on any atom is -0.497 e. The van der Waals surface area contributed by atoms with Gasteiger partial charge >= 0.3 is 0 Å². The Morgan fingerprint density at radius 1 is 0.938 bits per heavy atom. The highest BCUT2D eigenvalue weighted by atomic mass is 32.2. The van der Waals surface area contributed by atoms with Gasteiger partial charge < -0.3 is 10.1 Å². The van der Waals surface area contributed by atoms with Gasteiger partial charge in [0.25, 0.3) is 5.91 Å². The van der Waals surface area contributed by atoms with E-state index in [0.717, 1.165) is 50.7 Å². The predicted octanol–water partition coefficient (Wildman–Crippen LogP) is 4.11. The third-order valence-electron chi connectivity index (χ3n) is 6.92. The van der Waals surface area contributed by atoms with Crippen molar-refractivity contribution in [1.29, 1.82) is 0 Å². The Balaban J connectivity index is 1.44. The van der Waals surface area contributed by atoms with Crippen LogP contribution in [0.15, 0.2) is 53.4 Å². The normalized spacial score (nSPS) is 18.9. The number of rotatable bonds is 7. The fourth-order valence-electron chi connectivity index (χ4n) is 4.95. The number of benzene rings is 2. The molecule has 1 amide bonds. The van der Waals surface area contributed by atoms with Gasteiger partial charge in [0.2, 0.25) is 10.0 Å². The van der Waals surface area contributed by atoms with Crippen molar-refractivity contribution in [3.63, 3.8) is 0 Å². The van der Waals surface area contributed by atoms with Crippen LogP contribution < -0.4 is 10.1 Å². The maximum Gasteiger partial charge on any atom is 0.251 e. The van der Waals surface area contributed by atoms with Gasteiger partial charge in [-0.1, -0.05) is 31.4 Å². The van der Waals surface area contributed by atoms with E-state index >= 15 is 0 Å². The number of nitrogens with one attached hydrogen (secondary N) is 1. The first-order chi connectivity index (χ1) is 15.4. The Kier molecular flexibility index (Phi) is 6.86. The number of methoxy groups -OCH3 is 1. The molecule has 0 bridgehead atoms. The number of carbonyl (C=O) groups is 1. The van der Waals surface area contributed by atoms with Gasteiger partial charge in [-0.15, -0.1) is 0 Å². The average molecular weight is 457 g/mol. The van der Waals surface area contributed by atoms with Crippen LogP contribution in [0.5, 0.6) is 5.75 Å². The van der Waals surface area contributed by atoms with E-state index in [1.54, 1.807) is 35.7 Å². The molecule has 1 aliphatic heterocycles. The first kappa shape index (κ1) is 22.8. The summed E-state index contributed by atoms with van der Waals surface area (Å²) in [7, 11) is -1.83. The maximum absolute atomic E-state index is 12.8. The van der Waals surface area contributed by atoms with Crippen molar-refractivity contribution in [2.24, 2.45) is 0 Å². The van der Waals surface area contributed by atoms with Gasteiger partial charge in [0.15, 0.2) is 0 Å². The Morgan fingerprint density at radius 2 is 1.56 bits per heavy atom. The van der Waals surface area contributed by atoms with Crippen LogP contribution in [0.25, 0.3) is 0 Å². The molecule has 2 aromatic carbocycles. The molecule has 2 aliphatic rings. The van der Waals surface area contributed by atoms with Gasteiger partial charge in [0.1, 0.15) is 5.75 Å². The fraction of sp³-hybridized carbons (Fsp3) is 0.480. The number of hydrogen-bond acceptors (Lipinski definition) is 4. The molecule has 2 fully saturated rings. The number of piperidine rings is 1. The second-order valence-corrected chi connectivity index (χ2v) is 10.8. The van der Waals surface area contributed by atoms with E-state index in [-0.39, 0.29) is 16.2 Å². The van der Waals surface area contributed by atoms with E-state index in [9.17, 15) is 13.2 Å². The second kappa shape index (κ2) is 9.63. The highest BCUT2D eigenvalue weighted by Gasteiger charge is 2.36. The molecule has 1 aliphatic carbocycles. The lowest BCUT2D eigenvalue weighted by molar-refractivity contribution is 0.0943. The van der Waals surface area contributed by atoms with Crippen molar-refractivity contribution >= 4 is 15.9 Å². The summed E-state index contributed by atoms with van der Waals surface area (Å²) >= 11 is 0. The van der Waals surface area contributed by atoms with Gasteiger partial charge in [-0.25, -0.2) is 8.42 Å². The monoisotopic (exact) mass is 456 g/mol. The molecule has 0 unspecified atom stereocenters. The van der Waals surface area contributed by atoms with Gasteiger partial charge in [0, 0.05) is 30.6 Å². The molecule has 4 rings (SSSR count). The van der Waals surface area contributed by atoms with E-state index in [2.05, 4.69) is 17.4 Å². The highest BCUT2D eigenvalue weighted by molar-refractivity contribution is 7.89. The zero-order valence-corrected chi connectivity index (χ0v) is 19.5. The topological polar surface area (TPSA) is 75.7 Å². The van der Waals surface area contributed by atoms with Crippen LogP contribution in [0.1, 0.15) is 60.9 Å². The summed E-state index contributed by atoms with van der Waals surface area (Å²) in [4.78, 5) is 13.1. The molecule has 1 saturated carbocycles. The first-order valence-corrected chi connectivity index (χ1v) is 12.9. The lowest BCUT2D eigenvalue weighted by Crippen LogP contribution is -2.39. The second-order valence-electron chi connectivity index (χ2n) is 8.89. The predicted molar refractivity (Wildman–Crippen MR) is 125 cm³/mol. The summed E-state index contributed by atoms with van der Waals surface area (Å²) < 4.78 is 32.5.